The zero-order chi connectivity index (χ0) is 27.8. The highest BCUT2D eigenvalue weighted by Gasteiger charge is 2.44. The Hall–Kier alpha value is -3.12. The van der Waals surface area contributed by atoms with Gasteiger partial charge in [-0.1, -0.05) is 26.5 Å². The van der Waals surface area contributed by atoms with Crippen molar-refractivity contribution < 1.29 is 42.2 Å². The summed E-state index contributed by atoms with van der Waals surface area (Å²) in [4.78, 5) is 56.4. The van der Waals surface area contributed by atoms with E-state index in [0.717, 1.165) is 37.7 Å². The number of carbonyl (C=O) groups is 4. The van der Waals surface area contributed by atoms with E-state index in [1.54, 1.807) is 13.8 Å². The molecule has 0 aromatic carbocycles. The molecule has 1 rings (SSSR count). The number of aliphatic imine (C=N–C) groups is 1. The number of rotatable bonds is 11. The Kier molecular flexibility index (Phi) is 10.9. The summed E-state index contributed by atoms with van der Waals surface area (Å²) in [5.41, 5.74) is -1.97. The normalized spacial score (nSPS) is 16.4. The van der Waals surface area contributed by atoms with Crippen LogP contribution in [0.3, 0.4) is 0 Å². The highest BCUT2D eigenvalue weighted by Crippen LogP contribution is 2.24. The number of amides is 3. The second-order valence-electron chi connectivity index (χ2n) is 9.37. The number of carbonyl (C=O) groups excluding carboxylic acids is 3. The molecular formula is C23H35F3N4O6. The monoisotopic (exact) mass is 520 g/mol. The minimum Gasteiger partial charge on any atom is -0.481 e. The smallest absolute Gasteiger partial charge is 0.468 e. The van der Waals surface area contributed by atoms with E-state index in [9.17, 15) is 37.5 Å². The first-order valence-corrected chi connectivity index (χ1v) is 11.5. The number of likely N-dealkylation sites (tertiary alicyclic amines) is 1. The van der Waals surface area contributed by atoms with Crippen molar-refractivity contribution in [1.82, 2.24) is 15.1 Å². The summed E-state index contributed by atoms with van der Waals surface area (Å²) in [7, 11) is 1.23. The number of carboxylic acids is 1. The molecule has 0 bridgehead atoms. The van der Waals surface area contributed by atoms with Crippen LogP contribution in [-0.2, 0) is 23.9 Å². The summed E-state index contributed by atoms with van der Waals surface area (Å²) in [6.45, 7) is 9.19. The van der Waals surface area contributed by atoms with Gasteiger partial charge in [-0.2, -0.15) is 13.2 Å². The first kappa shape index (κ1) is 30.9. The first-order valence-electron chi connectivity index (χ1n) is 11.5. The highest BCUT2D eigenvalue weighted by atomic mass is 19.4. The van der Waals surface area contributed by atoms with Crippen LogP contribution in [0.25, 0.3) is 0 Å². The molecule has 36 heavy (non-hydrogen) atoms. The molecule has 3 amide bonds. The summed E-state index contributed by atoms with van der Waals surface area (Å²) < 4.78 is 44.6. The van der Waals surface area contributed by atoms with Gasteiger partial charge in [0.1, 0.15) is 24.2 Å². The van der Waals surface area contributed by atoms with Gasteiger partial charge in [0.25, 0.3) is 5.90 Å². The Labute approximate surface area is 208 Å². The molecule has 1 heterocycles. The van der Waals surface area contributed by atoms with Crippen molar-refractivity contribution in [1.29, 1.82) is 0 Å². The van der Waals surface area contributed by atoms with Gasteiger partial charge in [-0.25, -0.2) is 4.99 Å². The number of ether oxygens (including phenoxy) is 1. The van der Waals surface area contributed by atoms with E-state index in [1.807, 2.05) is 0 Å². The predicted molar refractivity (Wildman–Crippen MR) is 125 cm³/mol. The molecule has 0 aliphatic carbocycles. The molecule has 10 nitrogen and oxygen atoms in total. The van der Waals surface area contributed by atoms with Crippen LogP contribution in [0.4, 0.5) is 13.2 Å². The second kappa shape index (κ2) is 12.7. The average Bonchev–Trinajstić information content (AvgIpc) is 3.28. The number of hydrogen-bond acceptors (Lipinski definition) is 6. The molecule has 1 saturated heterocycles. The molecule has 0 aromatic rings. The zero-order valence-corrected chi connectivity index (χ0v) is 21.2. The molecule has 2 N–H and O–H groups in total. The first-order chi connectivity index (χ1) is 16.5. The van der Waals surface area contributed by atoms with E-state index >= 15 is 0 Å². The van der Waals surface area contributed by atoms with E-state index < -0.39 is 72.3 Å². The van der Waals surface area contributed by atoms with Gasteiger partial charge < -0.3 is 25.0 Å². The van der Waals surface area contributed by atoms with Crippen molar-refractivity contribution in [3.05, 3.63) is 12.7 Å². The predicted octanol–water partition coefficient (Wildman–Crippen LogP) is 1.99. The van der Waals surface area contributed by atoms with Crippen LogP contribution >= 0.6 is 0 Å². The highest BCUT2D eigenvalue weighted by molar-refractivity contribution is 5.96. The third-order valence-corrected chi connectivity index (χ3v) is 5.53. The lowest BCUT2D eigenvalue weighted by Crippen LogP contribution is -2.58. The molecule has 2 atom stereocenters. The molecule has 204 valence electrons. The van der Waals surface area contributed by atoms with Gasteiger partial charge in [0.2, 0.25) is 17.7 Å². The number of hydrogen-bond donors (Lipinski definition) is 2. The Bertz CT molecular complexity index is 866. The molecule has 1 aliphatic rings. The van der Waals surface area contributed by atoms with Crippen LogP contribution in [0.1, 0.15) is 47.0 Å². The minimum atomic E-state index is -4.96. The SMILES string of the molecule is C=CCOC(=NC(C)(C)C(=O)N(C)[C@H](C(=O)N[C@@H](CC(=O)O)C(=O)N1CCCC1)C(C)C)C(F)(F)F. The number of carboxylic acid groups (broad SMARTS) is 1. The fourth-order valence-electron chi connectivity index (χ4n) is 3.89. The van der Waals surface area contributed by atoms with E-state index in [4.69, 9.17) is 0 Å². The van der Waals surface area contributed by atoms with E-state index in [-0.39, 0.29) is 0 Å². The van der Waals surface area contributed by atoms with Gasteiger partial charge in [0.15, 0.2) is 0 Å². The number of likely N-dealkylation sites (N-methyl/N-ethyl adjacent to an activating group) is 1. The quantitative estimate of drug-likeness (QED) is 0.244. The third-order valence-electron chi connectivity index (χ3n) is 5.53. The largest absolute Gasteiger partial charge is 0.481 e. The van der Waals surface area contributed by atoms with Crippen molar-refractivity contribution in [2.75, 3.05) is 26.7 Å². The van der Waals surface area contributed by atoms with Crippen LogP contribution < -0.4 is 5.32 Å². The number of nitrogens with one attached hydrogen (secondary N) is 1. The second-order valence-corrected chi connectivity index (χ2v) is 9.37. The summed E-state index contributed by atoms with van der Waals surface area (Å²) in [6.07, 6.45) is -3.00. The lowest BCUT2D eigenvalue weighted by Gasteiger charge is -2.35. The van der Waals surface area contributed by atoms with Gasteiger partial charge in [-0.05, 0) is 32.6 Å². The van der Waals surface area contributed by atoms with Crippen molar-refractivity contribution in [2.24, 2.45) is 10.9 Å². The molecule has 13 heteroatoms. The van der Waals surface area contributed by atoms with Gasteiger partial charge in [0, 0.05) is 20.1 Å². The summed E-state index contributed by atoms with van der Waals surface area (Å²) in [6, 6.07) is -2.58. The number of aliphatic carboxylic acids is 1. The Morgan fingerprint density at radius 2 is 1.75 bits per heavy atom. The van der Waals surface area contributed by atoms with Crippen molar-refractivity contribution in [3.63, 3.8) is 0 Å². The molecule has 1 aliphatic heterocycles. The summed E-state index contributed by atoms with van der Waals surface area (Å²) in [5, 5.41) is 11.7. The van der Waals surface area contributed by atoms with Crippen molar-refractivity contribution in [2.45, 2.75) is 70.8 Å². The maximum Gasteiger partial charge on any atom is 0.468 e. The third kappa shape index (κ3) is 8.52. The maximum atomic E-state index is 13.3. The molecular weight excluding hydrogens is 485 g/mol. The number of nitrogens with zero attached hydrogens (tertiary/aromatic N) is 3. The molecule has 0 saturated carbocycles. The van der Waals surface area contributed by atoms with Crippen LogP contribution in [0.15, 0.2) is 17.6 Å². The summed E-state index contributed by atoms with van der Waals surface area (Å²) >= 11 is 0. The van der Waals surface area contributed by atoms with Gasteiger partial charge in [-0.15, -0.1) is 0 Å². The minimum absolute atomic E-state index is 0.443. The Balaban J connectivity index is 3.20. The summed E-state index contributed by atoms with van der Waals surface area (Å²) in [5.74, 6) is -5.71. The Morgan fingerprint density at radius 1 is 1.19 bits per heavy atom. The van der Waals surface area contributed by atoms with Crippen molar-refractivity contribution >= 4 is 29.6 Å². The molecule has 0 unspecified atom stereocenters. The van der Waals surface area contributed by atoms with Crippen LogP contribution in [0, 0.1) is 5.92 Å². The van der Waals surface area contributed by atoms with E-state index in [1.165, 1.54) is 11.9 Å². The number of alkyl halides is 3. The molecule has 0 aromatic heterocycles. The topological polar surface area (TPSA) is 129 Å². The lowest BCUT2D eigenvalue weighted by molar-refractivity contribution is -0.147. The van der Waals surface area contributed by atoms with Crippen LogP contribution in [0.5, 0.6) is 0 Å². The fraction of sp³-hybridized carbons (Fsp3) is 0.696. The van der Waals surface area contributed by atoms with Gasteiger partial charge in [-0.3, -0.25) is 19.2 Å². The lowest BCUT2D eigenvalue weighted by atomic mass is 9.97. The van der Waals surface area contributed by atoms with Crippen molar-refractivity contribution in [3.8, 4) is 0 Å². The molecule has 0 spiro atoms. The standard InChI is InChI=1S/C23H35F3N4O6/c1-7-12-36-20(23(24,25)26)28-22(4,5)21(35)29(6)17(14(2)3)18(33)27-15(13-16(31)32)19(34)30-10-8-9-11-30/h7,14-15,17H,1,8-13H2,2-6H3,(H,27,33)(H,31,32)/t15-,17-/m0/s1. The van der Waals surface area contributed by atoms with E-state index in [2.05, 4.69) is 21.6 Å². The van der Waals surface area contributed by atoms with Crippen LogP contribution in [0.2, 0.25) is 0 Å². The van der Waals surface area contributed by atoms with E-state index in [0.29, 0.717) is 13.1 Å². The van der Waals surface area contributed by atoms with Crippen LogP contribution in [-0.4, -0.2) is 95.0 Å². The maximum absolute atomic E-state index is 13.3. The zero-order valence-electron chi connectivity index (χ0n) is 21.2. The fourth-order valence-corrected chi connectivity index (χ4v) is 3.89. The molecule has 0 radical (unpaired) electrons. The Morgan fingerprint density at radius 3 is 2.19 bits per heavy atom. The number of halogens is 3. The average molecular weight is 521 g/mol. The van der Waals surface area contributed by atoms with Gasteiger partial charge in [0.05, 0.1) is 6.42 Å². The van der Waals surface area contributed by atoms with Gasteiger partial charge >= 0.3 is 12.1 Å². The molecule has 1 fully saturated rings.